The van der Waals surface area contributed by atoms with E-state index >= 15 is 8.78 Å². The van der Waals surface area contributed by atoms with Crippen molar-refractivity contribution in [2.45, 2.75) is 33.2 Å². The number of amides is 4. The zero-order valence-electron chi connectivity index (χ0n) is 33.1. The first-order valence-corrected chi connectivity index (χ1v) is 19.0. The van der Waals surface area contributed by atoms with Crippen LogP contribution < -0.4 is 22.1 Å². The summed E-state index contributed by atoms with van der Waals surface area (Å²) in [6, 6.07) is 7.26. The Morgan fingerprint density at radius 1 is 1.00 bits per heavy atom. The number of carbonyl (C=O) groups excluding carboxylic acids is 4. The van der Waals surface area contributed by atoms with Crippen LogP contribution >= 0.6 is 11.6 Å². The summed E-state index contributed by atoms with van der Waals surface area (Å²) < 4.78 is 34.0. The van der Waals surface area contributed by atoms with Crippen LogP contribution in [0.15, 0.2) is 66.9 Å². The van der Waals surface area contributed by atoms with Gasteiger partial charge in [0.05, 0.1) is 33.9 Å². The predicted molar refractivity (Wildman–Crippen MR) is 217 cm³/mol. The van der Waals surface area contributed by atoms with Crippen molar-refractivity contribution in [2.24, 2.45) is 24.4 Å². The molecule has 0 bridgehead atoms. The molecule has 1 aliphatic rings. The van der Waals surface area contributed by atoms with E-state index in [-0.39, 0.29) is 74.5 Å². The molecule has 0 saturated carbocycles. The maximum Gasteiger partial charge on any atom is 0.291 e. The number of hydrogen-bond acceptors (Lipinski definition) is 9. The number of hydrogen-bond donors (Lipinski definition) is 4. The molecule has 4 aromatic rings. The van der Waals surface area contributed by atoms with Crippen molar-refractivity contribution in [3.8, 4) is 22.4 Å². The second kappa shape index (κ2) is 18.9. The van der Waals surface area contributed by atoms with E-state index < -0.39 is 23.4 Å². The number of rotatable bonds is 14. The Balaban J connectivity index is 1.23. The molecule has 18 heteroatoms. The number of allylic oxidation sites excluding steroid dienone is 1. The average molecular weight is 820 g/mol. The van der Waals surface area contributed by atoms with Gasteiger partial charge < -0.3 is 41.4 Å². The lowest BCUT2D eigenvalue weighted by Crippen LogP contribution is -2.52. The van der Waals surface area contributed by atoms with Crippen LogP contribution in [0.25, 0.3) is 22.4 Å². The molecule has 0 spiro atoms. The van der Waals surface area contributed by atoms with Gasteiger partial charge in [0, 0.05) is 73.9 Å². The van der Waals surface area contributed by atoms with Gasteiger partial charge in [-0.25, -0.2) is 13.8 Å². The lowest BCUT2D eigenvalue weighted by atomic mass is 10.00. The predicted octanol–water partition coefficient (Wildman–Crippen LogP) is 4.09. The SMILES string of the molecule is CCC(CCN(C)C)C(=O)N1CCN(C(=O)c2ccc(NC(=O)c3ncc(-c4ccc(-c5cn(CC(=O)NC(/C=C\N)=C/N)nc5C)c(F)c4F)n3C)cc2Cl)CC1. The number of aromatic nitrogens is 4. The molecule has 2 aromatic heterocycles. The number of aryl methyl sites for hydroxylation is 1. The molecule has 58 heavy (non-hydrogen) atoms. The summed E-state index contributed by atoms with van der Waals surface area (Å²) in [6.45, 7) is 5.80. The molecule has 0 aliphatic carbocycles. The molecule has 6 N–H and O–H groups in total. The van der Waals surface area contributed by atoms with Crippen LogP contribution in [-0.2, 0) is 23.2 Å². The fraction of sp³-hybridized carbons (Fsp3) is 0.350. The average Bonchev–Trinajstić information content (AvgIpc) is 3.76. The Labute approximate surface area is 340 Å². The normalized spacial score (nSPS) is 14.0. The van der Waals surface area contributed by atoms with Crippen molar-refractivity contribution in [3.63, 3.8) is 0 Å². The molecule has 1 unspecified atom stereocenters. The van der Waals surface area contributed by atoms with Crippen LogP contribution in [0.4, 0.5) is 14.5 Å². The van der Waals surface area contributed by atoms with E-state index in [1.54, 1.807) is 11.8 Å². The number of nitrogens with two attached hydrogens (primary N) is 2. The van der Waals surface area contributed by atoms with Gasteiger partial charge in [0.2, 0.25) is 11.8 Å². The van der Waals surface area contributed by atoms with Gasteiger partial charge >= 0.3 is 0 Å². The van der Waals surface area contributed by atoms with Gasteiger partial charge in [-0.1, -0.05) is 24.6 Å². The number of benzene rings is 2. The zero-order valence-corrected chi connectivity index (χ0v) is 33.8. The van der Waals surface area contributed by atoms with Crippen LogP contribution in [0.3, 0.4) is 0 Å². The topological polar surface area (TPSA) is 190 Å². The van der Waals surface area contributed by atoms with Crippen molar-refractivity contribution in [1.29, 1.82) is 0 Å². The Morgan fingerprint density at radius 2 is 1.67 bits per heavy atom. The summed E-state index contributed by atoms with van der Waals surface area (Å²) in [5.74, 6) is -3.79. The van der Waals surface area contributed by atoms with E-state index in [1.807, 2.05) is 25.9 Å². The first kappa shape index (κ1) is 43.1. The van der Waals surface area contributed by atoms with Gasteiger partial charge in [-0.2, -0.15) is 5.10 Å². The fourth-order valence-electron chi connectivity index (χ4n) is 6.71. The van der Waals surface area contributed by atoms with Crippen molar-refractivity contribution < 1.29 is 28.0 Å². The van der Waals surface area contributed by atoms with Crippen molar-refractivity contribution >= 4 is 40.9 Å². The number of carbonyl (C=O) groups is 4. The number of imidazole rings is 1. The largest absolute Gasteiger partial charge is 0.405 e. The van der Waals surface area contributed by atoms with E-state index in [1.165, 1.54) is 77.5 Å². The lowest BCUT2D eigenvalue weighted by molar-refractivity contribution is -0.137. The summed E-state index contributed by atoms with van der Waals surface area (Å²) in [4.78, 5) is 62.0. The molecule has 3 heterocycles. The quantitative estimate of drug-likeness (QED) is 0.136. The molecule has 1 fully saturated rings. The molecule has 1 saturated heterocycles. The second-order valence-corrected chi connectivity index (χ2v) is 14.5. The molecule has 4 amide bonds. The molecule has 308 valence electrons. The minimum atomic E-state index is -1.17. The van der Waals surface area contributed by atoms with Crippen molar-refractivity contribution in [1.82, 2.24) is 39.3 Å². The van der Waals surface area contributed by atoms with Gasteiger partial charge in [0.25, 0.3) is 11.8 Å². The summed E-state index contributed by atoms with van der Waals surface area (Å²) >= 11 is 6.54. The molecule has 0 radical (unpaired) electrons. The Morgan fingerprint density at radius 3 is 2.31 bits per heavy atom. The Hall–Kier alpha value is -6.07. The van der Waals surface area contributed by atoms with E-state index in [2.05, 4.69) is 25.6 Å². The minimum absolute atomic E-state index is 0.0631. The number of anilines is 1. The number of nitrogens with one attached hydrogen (secondary N) is 2. The van der Waals surface area contributed by atoms with Gasteiger partial charge in [-0.3, -0.25) is 23.9 Å². The molecule has 2 aromatic carbocycles. The van der Waals surface area contributed by atoms with E-state index in [4.69, 9.17) is 23.1 Å². The van der Waals surface area contributed by atoms with Gasteiger partial charge in [-0.15, -0.1) is 0 Å². The highest BCUT2D eigenvalue weighted by atomic mass is 35.5. The first-order chi connectivity index (χ1) is 27.7. The summed E-state index contributed by atoms with van der Waals surface area (Å²) in [7, 11) is 5.45. The maximum atomic E-state index is 15.7. The standard InChI is InChI=1S/C40H48ClF2N11O4/c1-6-25(12-14-50(3)4)39(57)52-15-17-53(18-16-52)40(58)29-8-7-26(19-32(29)41)48-38(56)37-46-21-33(51(37)5)30-10-9-28(35(42)36(30)43)31-22-54(49-24(31)2)23-34(55)47-27(20-45)11-13-44/h7-11,13,19-22,25H,6,12,14-18,23,44-45H2,1-5H3,(H,47,55)(H,48,56)/b13-11-,27-20+. The fourth-order valence-corrected chi connectivity index (χ4v) is 6.97. The summed E-state index contributed by atoms with van der Waals surface area (Å²) in [5, 5.41) is 9.65. The van der Waals surface area contributed by atoms with Gasteiger partial charge in [-0.05, 0) is 76.9 Å². The van der Waals surface area contributed by atoms with Gasteiger partial charge in [0.1, 0.15) is 6.54 Å². The third kappa shape index (κ3) is 9.71. The third-order valence-electron chi connectivity index (χ3n) is 9.93. The molecular weight excluding hydrogens is 772 g/mol. The highest BCUT2D eigenvalue weighted by Gasteiger charge is 2.30. The van der Waals surface area contributed by atoms with Crippen LogP contribution in [0, 0.1) is 24.5 Å². The number of piperazine rings is 1. The second-order valence-electron chi connectivity index (χ2n) is 14.1. The van der Waals surface area contributed by atoms with E-state index in [9.17, 15) is 19.2 Å². The number of halogens is 3. The third-order valence-corrected chi connectivity index (χ3v) is 10.2. The highest BCUT2D eigenvalue weighted by Crippen LogP contribution is 2.33. The highest BCUT2D eigenvalue weighted by molar-refractivity contribution is 6.34. The summed E-state index contributed by atoms with van der Waals surface area (Å²) in [5.41, 5.74) is 12.2. The molecule has 1 atom stereocenters. The molecule has 15 nitrogen and oxygen atoms in total. The monoisotopic (exact) mass is 819 g/mol. The first-order valence-electron chi connectivity index (χ1n) is 18.6. The summed E-state index contributed by atoms with van der Waals surface area (Å²) in [6.07, 6.45) is 8.00. The Bertz CT molecular complexity index is 2240. The lowest BCUT2D eigenvalue weighted by Gasteiger charge is -2.36. The van der Waals surface area contributed by atoms with Crippen molar-refractivity contribution in [2.75, 3.05) is 52.1 Å². The van der Waals surface area contributed by atoms with Crippen LogP contribution in [0.5, 0.6) is 0 Å². The smallest absolute Gasteiger partial charge is 0.291 e. The minimum Gasteiger partial charge on any atom is -0.405 e. The van der Waals surface area contributed by atoms with Crippen LogP contribution in [-0.4, -0.2) is 104 Å². The maximum absolute atomic E-state index is 15.7. The zero-order chi connectivity index (χ0) is 42.3. The molecular formula is C40H48ClF2N11O4. The van der Waals surface area contributed by atoms with Crippen molar-refractivity contribution in [3.05, 3.63) is 101 Å². The van der Waals surface area contributed by atoms with Crippen LogP contribution in [0.2, 0.25) is 5.02 Å². The van der Waals surface area contributed by atoms with E-state index in [0.717, 1.165) is 19.4 Å². The molecule has 5 rings (SSSR count). The Kier molecular flexibility index (Phi) is 14.0. The van der Waals surface area contributed by atoms with E-state index in [0.29, 0.717) is 31.9 Å². The number of nitrogens with zero attached hydrogens (tertiary/aromatic N) is 7. The van der Waals surface area contributed by atoms with Gasteiger partial charge in [0.15, 0.2) is 17.5 Å². The van der Waals surface area contributed by atoms with Crippen LogP contribution in [0.1, 0.15) is 46.4 Å². The molecule has 1 aliphatic heterocycles.